The average Bonchev–Trinajstić information content (AvgIpc) is 3.67. The molecule has 230 valence electrons. The van der Waals surface area contributed by atoms with E-state index < -0.39 is 57.8 Å². The molecule has 0 saturated carbocycles. The van der Waals surface area contributed by atoms with E-state index in [-0.39, 0.29) is 21.4 Å². The molecule has 1 unspecified atom stereocenters. The summed E-state index contributed by atoms with van der Waals surface area (Å²) in [5, 5.41) is 49.5. The Bertz CT molecular complexity index is 1680. The zero-order chi connectivity index (χ0) is 31.5. The van der Waals surface area contributed by atoms with Crippen molar-refractivity contribution >= 4 is 92.8 Å². The Morgan fingerprint density at radius 3 is 2.68 bits per heavy atom. The lowest BCUT2D eigenvalue weighted by Crippen LogP contribution is -2.71. The molecule has 44 heavy (non-hydrogen) atoms. The largest absolute Gasteiger partial charge is 0.504 e. The molecule has 0 radical (unpaired) electrons. The molecule has 1 saturated heterocycles. The van der Waals surface area contributed by atoms with Crippen molar-refractivity contribution in [3.05, 3.63) is 46.7 Å². The summed E-state index contributed by atoms with van der Waals surface area (Å²) < 4.78 is 4.56. The fourth-order valence-corrected chi connectivity index (χ4v) is 8.12. The molecule has 3 atom stereocenters. The van der Waals surface area contributed by atoms with Gasteiger partial charge in [-0.05, 0) is 35.3 Å². The minimum atomic E-state index is -1.70. The number of nitrogen functional groups attached to an aromatic ring is 1. The quantitative estimate of drug-likeness (QED) is 0.0391. The lowest BCUT2D eigenvalue weighted by molar-refractivity contribution is -0.150. The number of thioether (sulfide) groups is 3. The third-order valence-electron chi connectivity index (χ3n) is 5.88. The molecule has 16 nitrogen and oxygen atoms in total. The number of nitrogens with two attached hydrogens (primary N) is 1. The number of carboxylic acids is 2. The number of nitrogens with one attached hydrogen (secondary N) is 1. The highest BCUT2D eigenvalue weighted by molar-refractivity contribution is 8.02. The fourth-order valence-electron chi connectivity index (χ4n) is 3.90. The Hall–Kier alpha value is -4.05. The van der Waals surface area contributed by atoms with E-state index in [1.165, 1.54) is 46.5 Å². The molecule has 3 aromatic rings. The Labute approximate surface area is 267 Å². The number of phenols is 2. The summed E-state index contributed by atoms with van der Waals surface area (Å²) in [4.78, 5) is 61.1. The van der Waals surface area contributed by atoms with Crippen LogP contribution in [-0.4, -0.2) is 97.7 Å². The van der Waals surface area contributed by atoms with E-state index in [0.717, 1.165) is 32.6 Å². The molecule has 2 aliphatic rings. The number of carbonyl (C=O) groups excluding carboxylic acids is 2. The maximum Gasteiger partial charge on any atom is 0.358 e. The number of carbonyl (C=O) groups is 4. The SMILES string of the molecule is Nc1nc(/C(=N\OC(Sc2ccc(O)c(O)c2)C(=O)O)C(=O)N[C@@H]2C(=O)N3C(C(=O)O)=C(CSc4cnns4)CS[C@H]23)cs1. The number of hydrogen-bond donors (Lipinski definition) is 6. The summed E-state index contributed by atoms with van der Waals surface area (Å²) in [5.41, 5.74) is 3.86. The lowest BCUT2D eigenvalue weighted by atomic mass is 10.0. The first-order valence-corrected chi connectivity index (χ1v) is 16.6. The third-order valence-corrected chi connectivity index (χ3v) is 10.8. The molecule has 1 aromatic carbocycles. The first-order chi connectivity index (χ1) is 21.0. The molecule has 1 fully saturated rings. The van der Waals surface area contributed by atoms with Crippen molar-refractivity contribution in [2.24, 2.45) is 5.16 Å². The van der Waals surface area contributed by atoms with Gasteiger partial charge in [-0.3, -0.25) is 14.5 Å². The fraction of sp³-hybridized carbons (Fsp3) is 0.217. The molecule has 0 aliphatic carbocycles. The normalized spacial score (nSPS) is 18.8. The number of carboxylic acid groups (broad SMARTS) is 2. The number of aromatic nitrogens is 3. The van der Waals surface area contributed by atoms with Gasteiger partial charge in [-0.1, -0.05) is 21.4 Å². The van der Waals surface area contributed by atoms with Crippen LogP contribution in [0.1, 0.15) is 5.69 Å². The second-order valence-electron chi connectivity index (χ2n) is 8.70. The van der Waals surface area contributed by atoms with Crippen LogP contribution < -0.4 is 11.1 Å². The maximum absolute atomic E-state index is 13.4. The zero-order valence-electron chi connectivity index (χ0n) is 21.7. The van der Waals surface area contributed by atoms with Gasteiger partial charge < -0.3 is 36.3 Å². The summed E-state index contributed by atoms with van der Waals surface area (Å²) in [6, 6.07) is 2.50. The van der Waals surface area contributed by atoms with Crippen LogP contribution in [0.3, 0.4) is 0 Å². The van der Waals surface area contributed by atoms with Crippen molar-refractivity contribution in [1.82, 2.24) is 24.8 Å². The first-order valence-electron chi connectivity index (χ1n) is 12.0. The van der Waals surface area contributed by atoms with E-state index in [1.54, 1.807) is 6.20 Å². The van der Waals surface area contributed by atoms with E-state index >= 15 is 0 Å². The van der Waals surface area contributed by atoms with Gasteiger partial charge >= 0.3 is 11.9 Å². The summed E-state index contributed by atoms with van der Waals surface area (Å²) >= 11 is 5.38. The second kappa shape index (κ2) is 13.3. The number of β-lactam (4-membered cyclic amide) rings is 1. The second-order valence-corrected chi connectivity index (χ2v) is 13.9. The number of thiazole rings is 1. The number of rotatable bonds is 12. The highest BCUT2D eigenvalue weighted by Gasteiger charge is 2.54. The number of hydrogen-bond acceptors (Lipinski definition) is 17. The number of oxime groups is 1. The van der Waals surface area contributed by atoms with Crippen molar-refractivity contribution in [1.29, 1.82) is 0 Å². The van der Waals surface area contributed by atoms with Gasteiger partial charge in [0.05, 0.1) is 6.20 Å². The van der Waals surface area contributed by atoms with E-state index in [0.29, 0.717) is 28.8 Å². The van der Waals surface area contributed by atoms with Crippen LogP contribution in [0, 0.1) is 0 Å². The number of amides is 2. The van der Waals surface area contributed by atoms with E-state index in [1.807, 2.05) is 0 Å². The Balaban J connectivity index is 1.33. The van der Waals surface area contributed by atoms with Gasteiger partial charge in [-0.2, -0.15) is 0 Å². The number of aliphatic carboxylic acids is 2. The van der Waals surface area contributed by atoms with E-state index in [2.05, 4.69) is 25.0 Å². The van der Waals surface area contributed by atoms with Gasteiger partial charge in [0.1, 0.15) is 27.0 Å². The van der Waals surface area contributed by atoms with Crippen LogP contribution in [0.15, 0.2) is 55.3 Å². The number of benzene rings is 1. The third kappa shape index (κ3) is 6.70. The van der Waals surface area contributed by atoms with Gasteiger partial charge in [0.2, 0.25) is 0 Å². The van der Waals surface area contributed by atoms with Crippen molar-refractivity contribution in [3.8, 4) is 11.5 Å². The Kier molecular flexibility index (Phi) is 9.48. The molecule has 2 aromatic heterocycles. The number of nitrogens with zero attached hydrogens (tertiary/aromatic N) is 5. The van der Waals surface area contributed by atoms with Crippen molar-refractivity contribution in [3.63, 3.8) is 0 Å². The molecule has 7 N–H and O–H groups in total. The van der Waals surface area contributed by atoms with Gasteiger partial charge in [0.15, 0.2) is 22.3 Å². The minimum Gasteiger partial charge on any atom is -0.504 e. The molecule has 2 aliphatic heterocycles. The van der Waals surface area contributed by atoms with E-state index in [4.69, 9.17) is 10.6 Å². The van der Waals surface area contributed by atoms with Crippen LogP contribution in [0.2, 0.25) is 0 Å². The topological polar surface area (TPSA) is 251 Å². The van der Waals surface area contributed by atoms with Gasteiger partial charge in [-0.25, -0.2) is 14.6 Å². The Morgan fingerprint density at radius 1 is 1.25 bits per heavy atom. The lowest BCUT2D eigenvalue weighted by Gasteiger charge is -2.49. The number of anilines is 1. The summed E-state index contributed by atoms with van der Waals surface area (Å²) in [5.74, 6) is -4.64. The van der Waals surface area contributed by atoms with E-state index in [9.17, 15) is 39.6 Å². The summed E-state index contributed by atoms with van der Waals surface area (Å²) in [7, 11) is 0. The van der Waals surface area contributed by atoms with Gasteiger partial charge in [0, 0.05) is 21.8 Å². The van der Waals surface area contributed by atoms with Crippen LogP contribution in [0.25, 0.3) is 0 Å². The monoisotopic (exact) mass is 697 g/mol. The minimum absolute atomic E-state index is 0.0515. The number of aromatic hydroxyl groups is 2. The standard InChI is InChI=1S/C23H19N7O9S5/c24-23-26-10(7-42-23)14(28-39-22(21(37)38)43-9-1-2-11(31)12(32)3-9)17(33)27-15-18(34)30-16(20(35)36)8(6-41-19(15)30)5-40-13-4-25-29-44-13/h1-4,7,15,19,22,31-32H,5-6H2,(H2,24,26)(H,27,33)(H,35,36)(H,37,38)/b28-14+/t15-,19-,22?/m1/s1. The first kappa shape index (κ1) is 31.4. The number of phenolic OH excluding ortho intramolecular Hbond substituents is 2. The molecule has 5 rings (SSSR count). The smallest absolute Gasteiger partial charge is 0.358 e. The number of fused-ring (bicyclic) bond motifs is 1. The summed E-state index contributed by atoms with van der Waals surface area (Å²) in [6.07, 6.45) is 1.56. The predicted molar refractivity (Wildman–Crippen MR) is 162 cm³/mol. The van der Waals surface area contributed by atoms with Gasteiger partial charge in [-0.15, -0.1) is 40.0 Å². The average molecular weight is 698 g/mol. The highest BCUT2D eigenvalue weighted by Crippen LogP contribution is 2.42. The molecule has 0 bridgehead atoms. The van der Waals surface area contributed by atoms with Crippen LogP contribution >= 0.6 is 58.2 Å². The predicted octanol–water partition coefficient (Wildman–Crippen LogP) is 1.44. The van der Waals surface area contributed by atoms with Crippen LogP contribution in [0.4, 0.5) is 5.13 Å². The maximum atomic E-state index is 13.4. The molecule has 0 spiro atoms. The highest BCUT2D eigenvalue weighted by atomic mass is 32.2. The van der Waals surface area contributed by atoms with Crippen LogP contribution in [0.5, 0.6) is 11.5 Å². The van der Waals surface area contributed by atoms with Crippen molar-refractivity contribution in [2.45, 2.75) is 26.0 Å². The molecule has 2 amide bonds. The molecule has 4 heterocycles. The van der Waals surface area contributed by atoms with Crippen molar-refractivity contribution in [2.75, 3.05) is 17.2 Å². The molecule has 21 heteroatoms. The Morgan fingerprint density at radius 2 is 2.05 bits per heavy atom. The molecular weight excluding hydrogens is 679 g/mol. The molecular formula is C23H19N7O9S5. The van der Waals surface area contributed by atoms with Gasteiger partial charge in [0.25, 0.3) is 17.3 Å². The van der Waals surface area contributed by atoms with Crippen LogP contribution in [-0.2, 0) is 24.0 Å². The van der Waals surface area contributed by atoms with Crippen molar-refractivity contribution < 1.29 is 44.4 Å². The zero-order valence-corrected chi connectivity index (χ0v) is 25.8. The summed E-state index contributed by atoms with van der Waals surface area (Å²) in [6.45, 7) is 0.